The number of nitrogens with one attached hydrogen (secondary N) is 1. The first-order chi connectivity index (χ1) is 18.0. The van der Waals surface area contributed by atoms with Crippen LogP contribution in [0.4, 0.5) is 10.1 Å². The molecule has 2 aliphatic rings. The predicted molar refractivity (Wildman–Crippen MR) is 146 cm³/mol. The summed E-state index contributed by atoms with van der Waals surface area (Å²) in [7, 11) is 0. The number of amides is 1. The van der Waals surface area contributed by atoms with Crippen LogP contribution < -0.4 is 5.32 Å². The molecule has 0 spiro atoms. The third-order valence-electron chi connectivity index (χ3n) is 6.91. The fourth-order valence-corrected chi connectivity index (χ4v) is 4.86. The largest absolute Gasteiger partial charge is 0.493 e. The molecule has 37 heavy (non-hydrogen) atoms. The summed E-state index contributed by atoms with van der Waals surface area (Å²) in [4.78, 5) is 17.7. The fourth-order valence-electron chi connectivity index (χ4n) is 4.86. The second-order valence-corrected chi connectivity index (χ2v) is 9.35. The zero-order valence-corrected chi connectivity index (χ0v) is 22.2. The van der Waals surface area contributed by atoms with E-state index in [0.717, 1.165) is 70.0 Å². The van der Waals surface area contributed by atoms with Crippen molar-refractivity contribution in [1.82, 2.24) is 9.80 Å². The minimum atomic E-state index is -0.384. The molecule has 0 unspecified atom stereocenters. The van der Waals surface area contributed by atoms with Crippen LogP contribution in [0, 0.1) is 5.82 Å². The Bertz CT molecular complexity index is 1140. The van der Waals surface area contributed by atoms with E-state index in [2.05, 4.69) is 46.3 Å². The lowest BCUT2D eigenvalue weighted by Crippen LogP contribution is -2.46. The van der Waals surface area contributed by atoms with Crippen molar-refractivity contribution in [3.05, 3.63) is 76.8 Å². The molecule has 1 fully saturated rings. The van der Waals surface area contributed by atoms with Gasteiger partial charge in [0.05, 0.1) is 18.8 Å². The molecule has 0 saturated carbocycles. The molecular weight excluding hydrogens is 469 g/mol. The van der Waals surface area contributed by atoms with Gasteiger partial charge < -0.3 is 14.8 Å². The molecule has 0 bridgehead atoms. The maximum absolute atomic E-state index is 14.0. The second-order valence-electron chi connectivity index (χ2n) is 9.35. The topological polar surface area (TPSA) is 54.0 Å². The SMILES string of the molecule is CCOCCN1CCN(Cc2ccc(/C(=C/C(OCC)=C3\C(=O)Nc4ccc(F)cc43)CC)cc2)CC1. The van der Waals surface area contributed by atoms with Gasteiger partial charge in [-0.15, -0.1) is 0 Å². The molecular formula is C30H38FN3O3. The van der Waals surface area contributed by atoms with E-state index in [0.29, 0.717) is 29.2 Å². The number of anilines is 1. The smallest absolute Gasteiger partial charge is 0.260 e. The molecule has 2 aliphatic heterocycles. The van der Waals surface area contributed by atoms with Crippen molar-refractivity contribution in [2.45, 2.75) is 33.7 Å². The number of halogens is 1. The van der Waals surface area contributed by atoms with Crippen LogP contribution in [0.2, 0.25) is 0 Å². The average molecular weight is 508 g/mol. The third-order valence-corrected chi connectivity index (χ3v) is 6.91. The van der Waals surface area contributed by atoms with Gasteiger partial charge >= 0.3 is 0 Å². The highest BCUT2D eigenvalue weighted by molar-refractivity contribution is 6.32. The molecule has 6 nitrogen and oxygen atoms in total. The fraction of sp³-hybridized carbons (Fsp3) is 0.433. The molecule has 0 aromatic heterocycles. The first-order valence-electron chi connectivity index (χ1n) is 13.3. The normalized spacial score (nSPS) is 18.1. The second kappa shape index (κ2) is 13.0. The van der Waals surface area contributed by atoms with E-state index < -0.39 is 0 Å². The summed E-state index contributed by atoms with van der Waals surface area (Å²) < 4.78 is 25.4. The van der Waals surface area contributed by atoms with Crippen molar-refractivity contribution >= 4 is 22.7 Å². The number of nitrogens with zero attached hydrogens (tertiary/aromatic N) is 2. The quantitative estimate of drug-likeness (QED) is 0.258. The number of carbonyl (C=O) groups excluding carboxylic acids is 1. The van der Waals surface area contributed by atoms with E-state index in [1.54, 1.807) is 6.07 Å². The van der Waals surface area contributed by atoms with E-state index >= 15 is 0 Å². The Morgan fingerprint density at radius 1 is 1.00 bits per heavy atom. The average Bonchev–Trinajstić information content (AvgIpc) is 3.23. The van der Waals surface area contributed by atoms with Gasteiger partial charge in [-0.2, -0.15) is 0 Å². The van der Waals surface area contributed by atoms with Gasteiger partial charge in [0, 0.05) is 57.1 Å². The van der Waals surface area contributed by atoms with Crippen LogP contribution in [0.3, 0.4) is 0 Å². The van der Waals surface area contributed by atoms with E-state index in [4.69, 9.17) is 9.47 Å². The van der Waals surface area contributed by atoms with Gasteiger partial charge in [0.1, 0.15) is 11.6 Å². The zero-order valence-electron chi connectivity index (χ0n) is 22.2. The first kappa shape index (κ1) is 27.0. The highest BCUT2D eigenvalue weighted by Gasteiger charge is 2.28. The highest BCUT2D eigenvalue weighted by Crippen LogP contribution is 2.36. The number of ether oxygens (including phenoxy) is 2. The summed E-state index contributed by atoms with van der Waals surface area (Å²) in [5, 5.41) is 2.82. The lowest BCUT2D eigenvalue weighted by Gasteiger charge is -2.34. The predicted octanol–water partition coefficient (Wildman–Crippen LogP) is 5.17. The van der Waals surface area contributed by atoms with Crippen LogP contribution in [0.1, 0.15) is 43.9 Å². The molecule has 198 valence electrons. The lowest BCUT2D eigenvalue weighted by molar-refractivity contribution is -0.110. The van der Waals surface area contributed by atoms with Gasteiger partial charge in [-0.05, 0) is 61.2 Å². The molecule has 0 atom stereocenters. The zero-order chi connectivity index (χ0) is 26.2. The van der Waals surface area contributed by atoms with Gasteiger partial charge in [-0.3, -0.25) is 14.6 Å². The van der Waals surface area contributed by atoms with Gasteiger partial charge in [0.2, 0.25) is 0 Å². The number of fused-ring (bicyclic) bond motifs is 1. The van der Waals surface area contributed by atoms with E-state index in [1.807, 2.05) is 19.9 Å². The van der Waals surface area contributed by atoms with Gasteiger partial charge in [0.15, 0.2) is 0 Å². The Morgan fingerprint density at radius 3 is 2.41 bits per heavy atom. The van der Waals surface area contributed by atoms with Crippen molar-refractivity contribution in [1.29, 1.82) is 0 Å². The molecule has 1 N–H and O–H groups in total. The molecule has 7 heteroatoms. The Balaban J connectivity index is 1.47. The van der Waals surface area contributed by atoms with Crippen LogP contribution in [0.5, 0.6) is 0 Å². The Kier molecular flexibility index (Phi) is 9.50. The van der Waals surface area contributed by atoms with E-state index in [9.17, 15) is 9.18 Å². The summed E-state index contributed by atoms with van der Waals surface area (Å²) in [5.41, 5.74) is 4.94. The van der Waals surface area contributed by atoms with Crippen molar-refractivity contribution in [2.75, 3.05) is 57.9 Å². The van der Waals surface area contributed by atoms with E-state index in [-0.39, 0.29) is 11.7 Å². The molecule has 4 rings (SSSR count). The van der Waals surface area contributed by atoms with Crippen LogP contribution in [-0.4, -0.2) is 68.3 Å². The Morgan fingerprint density at radius 2 is 1.73 bits per heavy atom. The molecule has 0 aliphatic carbocycles. The number of hydrogen-bond donors (Lipinski definition) is 1. The van der Waals surface area contributed by atoms with Crippen molar-refractivity contribution < 1.29 is 18.7 Å². The number of rotatable bonds is 11. The maximum Gasteiger partial charge on any atom is 0.260 e. The van der Waals surface area contributed by atoms with Crippen LogP contribution in [0.15, 0.2) is 54.3 Å². The monoisotopic (exact) mass is 507 g/mol. The first-order valence-corrected chi connectivity index (χ1v) is 13.3. The molecule has 0 radical (unpaired) electrons. The minimum Gasteiger partial charge on any atom is -0.493 e. The van der Waals surface area contributed by atoms with Crippen LogP contribution in [-0.2, 0) is 20.8 Å². The minimum absolute atomic E-state index is 0.274. The molecule has 2 aromatic carbocycles. The van der Waals surface area contributed by atoms with Crippen LogP contribution in [0.25, 0.3) is 11.1 Å². The van der Waals surface area contributed by atoms with Gasteiger partial charge in [0.25, 0.3) is 5.91 Å². The highest BCUT2D eigenvalue weighted by atomic mass is 19.1. The maximum atomic E-state index is 14.0. The van der Waals surface area contributed by atoms with Gasteiger partial charge in [-0.1, -0.05) is 31.2 Å². The summed E-state index contributed by atoms with van der Waals surface area (Å²) in [6, 6.07) is 13.0. The van der Waals surface area contributed by atoms with Crippen LogP contribution >= 0.6 is 0 Å². The van der Waals surface area contributed by atoms with Gasteiger partial charge in [-0.25, -0.2) is 4.39 Å². The third kappa shape index (κ3) is 6.86. The molecule has 1 saturated heterocycles. The van der Waals surface area contributed by atoms with E-state index in [1.165, 1.54) is 17.7 Å². The number of hydrogen-bond acceptors (Lipinski definition) is 5. The number of benzene rings is 2. The molecule has 2 heterocycles. The number of carbonyl (C=O) groups is 1. The Hall–Kier alpha value is -3.00. The summed E-state index contributed by atoms with van der Waals surface area (Å²) in [6.07, 6.45) is 2.69. The molecule has 2 aromatic rings. The summed E-state index contributed by atoms with van der Waals surface area (Å²) in [6.45, 7) is 14.2. The summed E-state index contributed by atoms with van der Waals surface area (Å²) >= 11 is 0. The number of piperazine rings is 1. The van der Waals surface area contributed by atoms with Crippen molar-refractivity contribution in [3.8, 4) is 0 Å². The Labute approximate surface area is 219 Å². The number of allylic oxidation sites excluding steroid dienone is 2. The standard InChI is InChI=1S/C30H38FN3O3/c1-4-23(19-28(37-6-3)29-26-20-25(31)11-12-27(26)32-30(29)35)24-9-7-22(8-10-24)21-34-15-13-33(14-16-34)17-18-36-5-2/h7-12,19-20H,4-6,13-18,21H2,1-3H3,(H,32,35)/b23-19+,29-28+. The lowest BCUT2D eigenvalue weighted by atomic mass is 9.98. The summed E-state index contributed by atoms with van der Waals surface area (Å²) in [5.74, 6) is -0.192. The van der Waals surface area contributed by atoms with Crippen molar-refractivity contribution in [3.63, 3.8) is 0 Å². The molecule has 1 amide bonds. The van der Waals surface area contributed by atoms with Crippen molar-refractivity contribution in [2.24, 2.45) is 0 Å².